The first-order valence-corrected chi connectivity index (χ1v) is 11.9. The first-order chi connectivity index (χ1) is 17.0. The molecular weight excluding hydrogens is 456 g/mol. The summed E-state index contributed by atoms with van der Waals surface area (Å²) in [6.07, 6.45) is 1.19. The van der Waals surface area contributed by atoms with Gasteiger partial charge in [-0.15, -0.1) is 0 Å². The Hall–Kier alpha value is -3.82. The molecule has 4 aromatic carbocycles. The van der Waals surface area contributed by atoms with Gasteiger partial charge in [-0.25, -0.2) is 0 Å². The zero-order valence-corrected chi connectivity index (χ0v) is 20.1. The van der Waals surface area contributed by atoms with Gasteiger partial charge in [0.25, 0.3) is 0 Å². The number of rotatable bonds is 10. The highest BCUT2D eigenvalue weighted by molar-refractivity contribution is 6.30. The number of benzene rings is 4. The molecule has 0 heterocycles. The second kappa shape index (κ2) is 11.5. The van der Waals surface area contributed by atoms with Gasteiger partial charge in [-0.2, -0.15) is 0 Å². The van der Waals surface area contributed by atoms with E-state index < -0.39 is 11.9 Å². The number of aliphatic carboxylic acids is 1. The quantitative estimate of drug-likeness (QED) is 0.233. The highest BCUT2D eigenvalue weighted by Gasteiger charge is 2.20. The molecule has 0 fully saturated rings. The van der Waals surface area contributed by atoms with Crippen LogP contribution in [0.25, 0.3) is 16.9 Å². The van der Waals surface area contributed by atoms with Crippen molar-refractivity contribution in [3.63, 3.8) is 0 Å². The van der Waals surface area contributed by atoms with Crippen molar-refractivity contribution in [2.75, 3.05) is 0 Å². The van der Waals surface area contributed by atoms with Gasteiger partial charge in [0.2, 0.25) is 0 Å². The van der Waals surface area contributed by atoms with Gasteiger partial charge in [0, 0.05) is 10.6 Å². The molecule has 4 heteroatoms. The summed E-state index contributed by atoms with van der Waals surface area (Å²) in [5, 5.41) is 10.6. The number of carbonyl (C=O) groups is 1. The largest absolute Gasteiger partial charge is 0.489 e. The molecule has 0 aliphatic carbocycles. The van der Waals surface area contributed by atoms with E-state index in [4.69, 9.17) is 16.3 Å². The van der Waals surface area contributed by atoms with Gasteiger partial charge in [0.1, 0.15) is 12.4 Å². The van der Waals surface area contributed by atoms with Crippen molar-refractivity contribution < 1.29 is 14.6 Å². The molecule has 0 saturated carbocycles. The maximum atomic E-state index is 12.0. The number of carboxylic acid groups (broad SMARTS) is 1. The van der Waals surface area contributed by atoms with Crippen LogP contribution in [0, 0.1) is 0 Å². The van der Waals surface area contributed by atoms with Crippen molar-refractivity contribution in [2.45, 2.75) is 25.4 Å². The van der Waals surface area contributed by atoms with E-state index in [2.05, 4.69) is 30.8 Å². The smallest absolute Gasteiger partial charge is 0.310 e. The number of halogens is 1. The Bertz CT molecular complexity index is 1260. The van der Waals surface area contributed by atoms with Gasteiger partial charge < -0.3 is 9.84 Å². The van der Waals surface area contributed by atoms with Crippen LogP contribution < -0.4 is 0 Å². The van der Waals surface area contributed by atoms with Gasteiger partial charge in [-0.1, -0.05) is 109 Å². The molecule has 4 rings (SSSR count). The second-order valence-electron chi connectivity index (χ2n) is 8.45. The Kier molecular flexibility index (Phi) is 8.02. The van der Waals surface area contributed by atoms with Crippen LogP contribution in [-0.4, -0.2) is 11.1 Å². The summed E-state index contributed by atoms with van der Waals surface area (Å²) in [6, 6.07) is 33.3. The van der Waals surface area contributed by atoms with E-state index in [-0.39, 0.29) is 0 Å². The molecule has 0 aliphatic rings. The van der Waals surface area contributed by atoms with Crippen molar-refractivity contribution >= 4 is 23.3 Å². The number of hydrogen-bond donors (Lipinski definition) is 1. The van der Waals surface area contributed by atoms with Crippen LogP contribution in [0.2, 0.25) is 5.02 Å². The van der Waals surface area contributed by atoms with Gasteiger partial charge in [-0.3, -0.25) is 4.79 Å². The average molecular weight is 483 g/mol. The highest BCUT2D eigenvalue weighted by atomic mass is 35.5. The van der Waals surface area contributed by atoms with Crippen LogP contribution in [-0.2, 0) is 22.6 Å². The Morgan fingerprint density at radius 1 is 0.800 bits per heavy atom. The zero-order valence-electron chi connectivity index (χ0n) is 19.4. The predicted octanol–water partition coefficient (Wildman–Crippen LogP) is 8.00. The van der Waals surface area contributed by atoms with E-state index in [0.29, 0.717) is 30.2 Å². The molecule has 35 heavy (non-hydrogen) atoms. The molecule has 3 nitrogen and oxygen atoms in total. The highest BCUT2D eigenvalue weighted by Crippen LogP contribution is 2.26. The molecule has 0 radical (unpaired) electrons. The molecule has 1 unspecified atom stereocenters. The van der Waals surface area contributed by atoms with Crippen LogP contribution in [0.5, 0.6) is 0 Å². The molecule has 0 bridgehead atoms. The lowest BCUT2D eigenvalue weighted by molar-refractivity contribution is -0.138. The minimum absolute atomic E-state index is 0.440. The SMILES string of the molecule is C=C(OCc1ccccc1)c1ccc(C(CCc2ccc(-c3ccc(Cl)cc3)cc2)C(=O)O)cc1. The van der Waals surface area contributed by atoms with Gasteiger partial charge in [0.15, 0.2) is 0 Å². The van der Waals surface area contributed by atoms with Crippen LogP contribution in [0.1, 0.15) is 34.6 Å². The summed E-state index contributed by atoms with van der Waals surface area (Å²) < 4.78 is 5.80. The van der Waals surface area contributed by atoms with Crippen molar-refractivity contribution in [1.82, 2.24) is 0 Å². The maximum absolute atomic E-state index is 12.0. The molecule has 176 valence electrons. The average Bonchev–Trinajstić information content (AvgIpc) is 2.89. The first kappa shape index (κ1) is 24.3. The summed E-state index contributed by atoms with van der Waals surface area (Å²) in [5.74, 6) is -0.846. The van der Waals surface area contributed by atoms with E-state index in [1.165, 1.54) is 0 Å². The monoisotopic (exact) mass is 482 g/mol. The third-order valence-corrected chi connectivity index (χ3v) is 6.29. The lowest BCUT2D eigenvalue weighted by Crippen LogP contribution is -2.12. The van der Waals surface area contributed by atoms with Crippen LogP contribution in [0.3, 0.4) is 0 Å². The molecule has 0 aliphatic heterocycles. The number of aryl methyl sites for hydroxylation is 1. The summed E-state index contributed by atoms with van der Waals surface area (Å²) in [4.78, 5) is 12.0. The van der Waals surface area contributed by atoms with E-state index >= 15 is 0 Å². The van der Waals surface area contributed by atoms with E-state index in [1.54, 1.807) is 0 Å². The van der Waals surface area contributed by atoms with E-state index in [9.17, 15) is 9.90 Å². The lowest BCUT2D eigenvalue weighted by Gasteiger charge is -2.15. The van der Waals surface area contributed by atoms with Crippen molar-refractivity contribution in [3.05, 3.63) is 137 Å². The molecule has 0 aromatic heterocycles. The fraction of sp³-hybridized carbons (Fsp3) is 0.129. The van der Waals surface area contributed by atoms with Crippen molar-refractivity contribution in [3.8, 4) is 11.1 Å². The number of ether oxygens (including phenoxy) is 1. The predicted molar refractivity (Wildman–Crippen MR) is 142 cm³/mol. The molecular formula is C31H27ClO3. The molecule has 0 amide bonds. The van der Waals surface area contributed by atoms with Crippen molar-refractivity contribution in [1.29, 1.82) is 0 Å². The standard InChI is InChI=1S/C31H27ClO3/c1-22(35-21-24-5-3-2-4-6-24)25-12-14-28(15-13-25)30(31(33)34)20-9-23-7-10-26(11-8-23)27-16-18-29(32)19-17-27/h2-8,10-19,30H,1,9,20-21H2,(H,33,34). The second-order valence-corrected chi connectivity index (χ2v) is 8.89. The molecule has 1 atom stereocenters. The summed E-state index contributed by atoms with van der Waals surface area (Å²) >= 11 is 5.97. The number of carboxylic acids is 1. The molecule has 4 aromatic rings. The Morgan fingerprint density at radius 2 is 1.40 bits per heavy atom. The Balaban J connectivity index is 1.36. The van der Waals surface area contributed by atoms with Crippen LogP contribution in [0.15, 0.2) is 110 Å². The topological polar surface area (TPSA) is 46.5 Å². The lowest BCUT2D eigenvalue weighted by atomic mass is 9.91. The Morgan fingerprint density at radius 3 is 2.00 bits per heavy atom. The maximum Gasteiger partial charge on any atom is 0.310 e. The van der Waals surface area contributed by atoms with Gasteiger partial charge in [0.05, 0.1) is 5.92 Å². The normalized spacial score (nSPS) is 11.6. The van der Waals surface area contributed by atoms with Gasteiger partial charge in [-0.05, 0) is 52.8 Å². The fourth-order valence-corrected chi connectivity index (χ4v) is 4.11. The number of hydrogen-bond acceptors (Lipinski definition) is 2. The molecule has 1 N–H and O–H groups in total. The molecule has 0 saturated heterocycles. The summed E-state index contributed by atoms with van der Waals surface area (Å²) in [6.45, 7) is 4.45. The fourth-order valence-electron chi connectivity index (χ4n) is 3.98. The van der Waals surface area contributed by atoms with E-state index in [0.717, 1.165) is 33.4 Å². The van der Waals surface area contributed by atoms with E-state index in [1.807, 2.05) is 78.9 Å². The van der Waals surface area contributed by atoms with Crippen LogP contribution in [0.4, 0.5) is 0 Å². The summed E-state index contributed by atoms with van der Waals surface area (Å²) in [7, 11) is 0. The third kappa shape index (κ3) is 6.62. The van der Waals surface area contributed by atoms with Gasteiger partial charge >= 0.3 is 5.97 Å². The first-order valence-electron chi connectivity index (χ1n) is 11.5. The van der Waals surface area contributed by atoms with Crippen molar-refractivity contribution in [2.24, 2.45) is 0 Å². The Labute approximate surface area is 211 Å². The minimum Gasteiger partial charge on any atom is -0.489 e. The third-order valence-electron chi connectivity index (χ3n) is 6.04. The zero-order chi connectivity index (χ0) is 24.6. The minimum atomic E-state index is -0.824. The summed E-state index contributed by atoms with van der Waals surface area (Å²) in [5.41, 5.74) is 5.98. The molecule has 0 spiro atoms. The van der Waals surface area contributed by atoms with Crippen LogP contribution >= 0.6 is 11.6 Å².